The SMILES string of the molecule is CCc1nnc(C)cc1C(O)c1cc(C)ccc1C. The van der Waals surface area contributed by atoms with Gasteiger partial charge in [-0.3, -0.25) is 0 Å². The van der Waals surface area contributed by atoms with E-state index in [9.17, 15) is 5.11 Å². The molecule has 0 aliphatic carbocycles. The molecule has 3 heteroatoms. The van der Waals surface area contributed by atoms with Crippen LogP contribution in [0, 0.1) is 20.8 Å². The van der Waals surface area contributed by atoms with Gasteiger partial charge in [0.15, 0.2) is 0 Å². The van der Waals surface area contributed by atoms with E-state index < -0.39 is 6.10 Å². The van der Waals surface area contributed by atoms with Crippen molar-refractivity contribution in [3.05, 3.63) is 57.9 Å². The lowest BCUT2D eigenvalue weighted by atomic mass is 9.94. The van der Waals surface area contributed by atoms with Gasteiger partial charge in [-0.2, -0.15) is 10.2 Å². The highest BCUT2D eigenvalue weighted by molar-refractivity contribution is 5.39. The molecule has 1 heterocycles. The van der Waals surface area contributed by atoms with Crippen molar-refractivity contribution >= 4 is 0 Å². The zero-order valence-corrected chi connectivity index (χ0v) is 11.9. The molecule has 0 saturated heterocycles. The Balaban J connectivity index is 2.51. The van der Waals surface area contributed by atoms with E-state index in [1.165, 1.54) is 0 Å². The second-order valence-electron chi connectivity index (χ2n) is 5.00. The van der Waals surface area contributed by atoms with Crippen LogP contribution in [0.4, 0.5) is 0 Å². The number of aliphatic hydroxyl groups is 1. The summed E-state index contributed by atoms with van der Waals surface area (Å²) in [5, 5.41) is 18.9. The molecule has 19 heavy (non-hydrogen) atoms. The topological polar surface area (TPSA) is 46.0 Å². The summed E-state index contributed by atoms with van der Waals surface area (Å²) in [6.07, 6.45) is 0.133. The zero-order valence-electron chi connectivity index (χ0n) is 11.9. The molecule has 0 bridgehead atoms. The molecule has 2 aromatic rings. The maximum Gasteiger partial charge on any atom is 0.106 e. The maximum atomic E-state index is 10.7. The molecule has 0 spiro atoms. The van der Waals surface area contributed by atoms with E-state index in [1.54, 1.807) is 0 Å². The van der Waals surface area contributed by atoms with Gasteiger partial charge < -0.3 is 5.11 Å². The first kappa shape index (κ1) is 13.7. The molecule has 3 nitrogen and oxygen atoms in total. The molecular weight excluding hydrogens is 236 g/mol. The Morgan fingerprint density at radius 2 is 1.79 bits per heavy atom. The molecule has 0 radical (unpaired) electrons. The lowest BCUT2D eigenvalue weighted by Crippen LogP contribution is -2.09. The van der Waals surface area contributed by atoms with Crippen LogP contribution in [0.25, 0.3) is 0 Å². The van der Waals surface area contributed by atoms with Crippen molar-refractivity contribution in [3.8, 4) is 0 Å². The monoisotopic (exact) mass is 256 g/mol. The van der Waals surface area contributed by atoms with Gasteiger partial charge in [-0.1, -0.05) is 30.7 Å². The van der Waals surface area contributed by atoms with Gasteiger partial charge in [-0.05, 0) is 44.4 Å². The molecule has 0 amide bonds. The second kappa shape index (κ2) is 5.49. The van der Waals surface area contributed by atoms with Crippen LogP contribution in [0.1, 0.15) is 46.7 Å². The summed E-state index contributed by atoms with van der Waals surface area (Å²) in [4.78, 5) is 0. The summed E-state index contributed by atoms with van der Waals surface area (Å²) in [5.74, 6) is 0. The van der Waals surface area contributed by atoms with E-state index in [1.807, 2.05) is 45.9 Å². The number of aryl methyl sites for hydroxylation is 4. The standard InChI is InChI=1S/C16H20N2O/c1-5-15-14(9-12(4)17-18-15)16(19)13-8-10(2)6-7-11(13)3/h6-9,16,19H,5H2,1-4H3. The molecular formula is C16H20N2O. The van der Waals surface area contributed by atoms with E-state index in [0.29, 0.717) is 0 Å². The number of aromatic nitrogens is 2. The highest BCUT2D eigenvalue weighted by Gasteiger charge is 2.17. The fourth-order valence-electron chi connectivity index (χ4n) is 2.27. The van der Waals surface area contributed by atoms with Gasteiger partial charge in [0.1, 0.15) is 6.10 Å². The average molecular weight is 256 g/mol. The van der Waals surface area contributed by atoms with Crippen molar-refractivity contribution in [2.45, 2.75) is 40.2 Å². The fourth-order valence-corrected chi connectivity index (χ4v) is 2.27. The van der Waals surface area contributed by atoms with Gasteiger partial charge in [0.05, 0.1) is 11.4 Å². The number of hydrogen-bond acceptors (Lipinski definition) is 3. The number of aliphatic hydroxyl groups excluding tert-OH is 1. The van der Waals surface area contributed by atoms with Crippen LogP contribution in [-0.2, 0) is 6.42 Å². The summed E-state index contributed by atoms with van der Waals surface area (Å²) in [5.41, 5.74) is 5.74. The van der Waals surface area contributed by atoms with Crippen LogP contribution in [0.3, 0.4) is 0 Å². The number of hydrogen-bond donors (Lipinski definition) is 1. The van der Waals surface area contributed by atoms with Gasteiger partial charge in [0.25, 0.3) is 0 Å². The third-order valence-electron chi connectivity index (χ3n) is 3.38. The van der Waals surface area contributed by atoms with Crippen LogP contribution in [0.2, 0.25) is 0 Å². The molecule has 2 rings (SSSR count). The first-order valence-electron chi connectivity index (χ1n) is 6.61. The summed E-state index contributed by atoms with van der Waals surface area (Å²) < 4.78 is 0. The van der Waals surface area contributed by atoms with Crippen LogP contribution in [0.5, 0.6) is 0 Å². The molecule has 0 aliphatic rings. The summed E-state index contributed by atoms with van der Waals surface area (Å²) in [6, 6.07) is 8.07. The number of benzene rings is 1. The van der Waals surface area contributed by atoms with Gasteiger partial charge in [0, 0.05) is 5.56 Å². The Morgan fingerprint density at radius 3 is 2.47 bits per heavy atom. The average Bonchev–Trinajstić information content (AvgIpc) is 2.40. The maximum absolute atomic E-state index is 10.7. The van der Waals surface area contributed by atoms with E-state index in [-0.39, 0.29) is 0 Å². The van der Waals surface area contributed by atoms with Crippen molar-refractivity contribution in [3.63, 3.8) is 0 Å². The molecule has 1 aromatic heterocycles. The first-order chi connectivity index (χ1) is 9.02. The molecule has 1 N–H and O–H groups in total. The minimum absolute atomic E-state index is 0.635. The third kappa shape index (κ3) is 2.82. The van der Waals surface area contributed by atoms with Crippen molar-refractivity contribution in [2.75, 3.05) is 0 Å². The van der Waals surface area contributed by atoms with Crippen LogP contribution < -0.4 is 0 Å². The van der Waals surface area contributed by atoms with Gasteiger partial charge >= 0.3 is 0 Å². The van der Waals surface area contributed by atoms with Crippen LogP contribution in [-0.4, -0.2) is 15.3 Å². The number of nitrogens with zero attached hydrogens (tertiary/aromatic N) is 2. The predicted octanol–water partition coefficient (Wildman–Crippen LogP) is 3.05. The summed E-state index contributed by atoms with van der Waals surface area (Å²) >= 11 is 0. The summed E-state index contributed by atoms with van der Waals surface area (Å²) in [6.45, 7) is 7.97. The molecule has 1 atom stereocenters. The molecule has 1 unspecified atom stereocenters. The highest BCUT2D eigenvalue weighted by Crippen LogP contribution is 2.27. The van der Waals surface area contributed by atoms with Gasteiger partial charge in [-0.15, -0.1) is 0 Å². The first-order valence-corrected chi connectivity index (χ1v) is 6.61. The van der Waals surface area contributed by atoms with Gasteiger partial charge in [0.2, 0.25) is 0 Å². The molecule has 100 valence electrons. The molecule has 0 saturated carbocycles. The van der Waals surface area contributed by atoms with Crippen molar-refractivity contribution in [2.24, 2.45) is 0 Å². The molecule has 1 aromatic carbocycles. The lowest BCUT2D eigenvalue weighted by molar-refractivity contribution is 0.217. The Morgan fingerprint density at radius 1 is 1.05 bits per heavy atom. The molecule has 0 aliphatic heterocycles. The molecule has 0 fully saturated rings. The minimum atomic E-state index is -0.635. The lowest BCUT2D eigenvalue weighted by Gasteiger charge is -2.17. The summed E-state index contributed by atoms with van der Waals surface area (Å²) in [7, 11) is 0. The number of rotatable bonds is 3. The predicted molar refractivity (Wildman–Crippen MR) is 76.1 cm³/mol. The smallest absolute Gasteiger partial charge is 0.106 e. The van der Waals surface area contributed by atoms with E-state index in [4.69, 9.17) is 0 Å². The van der Waals surface area contributed by atoms with Crippen molar-refractivity contribution in [1.82, 2.24) is 10.2 Å². The van der Waals surface area contributed by atoms with E-state index in [0.717, 1.165) is 40.1 Å². The van der Waals surface area contributed by atoms with Crippen molar-refractivity contribution in [1.29, 1.82) is 0 Å². The Hall–Kier alpha value is -1.74. The fraction of sp³-hybridized carbons (Fsp3) is 0.375. The Labute approximate surface area is 114 Å². The Bertz CT molecular complexity index is 593. The highest BCUT2D eigenvalue weighted by atomic mass is 16.3. The second-order valence-corrected chi connectivity index (χ2v) is 5.00. The van der Waals surface area contributed by atoms with Gasteiger partial charge in [-0.25, -0.2) is 0 Å². The third-order valence-corrected chi connectivity index (χ3v) is 3.38. The zero-order chi connectivity index (χ0) is 14.0. The minimum Gasteiger partial charge on any atom is -0.384 e. The largest absolute Gasteiger partial charge is 0.384 e. The quantitative estimate of drug-likeness (QED) is 0.918. The van der Waals surface area contributed by atoms with Crippen LogP contribution >= 0.6 is 0 Å². The van der Waals surface area contributed by atoms with E-state index >= 15 is 0 Å². The normalized spacial score (nSPS) is 12.5. The van der Waals surface area contributed by atoms with Crippen LogP contribution in [0.15, 0.2) is 24.3 Å². The van der Waals surface area contributed by atoms with Crippen molar-refractivity contribution < 1.29 is 5.11 Å². The van der Waals surface area contributed by atoms with E-state index in [2.05, 4.69) is 16.3 Å². The Kier molecular flexibility index (Phi) is 3.96.